The summed E-state index contributed by atoms with van der Waals surface area (Å²) in [6.07, 6.45) is 4.23. The Hall–Kier alpha value is -0.640. The molecular weight excluding hydrogens is 168 g/mol. The molecule has 3 atom stereocenters. The van der Waals surface area contributed by atoms with Crippen LogP contribution in [0.15, 0.2) is 24.8 Å². The zero-order valence-electron chi connectivity index (χ0n) is 7.86. The molecule has 1 aliphatic heterocycles. The number of aliphatic hydroxyl groups is 1. The molecule has 3 heteroatoms. The van der Waals surface area contributed by atoms with Crippen molar-refractivity contribution in [3.05, 3.63) is 24.8 Å². The average molecular weight is 182 g/mol. The van der Waals surface area contributed by atoms with Crippen LogP contribution in [0.5, 0.6) is 0 Å². The molecule has 0 aromatic carbocycles. The summed E-state index contributed by atoms with van der Waals surface area (Å²) in [4.78, 5) is 0. The summed E-state index contributed by atoms with van der Waals surface area (Å²) in [7, 11) is 0. The predicted molar refractivity (Wildman–Crippen MR) is 48.1 cm³/mol. The van der Waals surface area contributed by atoms with Gasteiger partial charge in [0.15, 0.2) is 5.79 Å². The van der Waals surface area contributed by atoms with E-state index in [4.69, 9.17) is 9.47 Å². The predicted octanol–water partition coefficient (Wildman–Crippen LogP) is 0.993. The minimum atomic E-state index is -0.648. The summed E-state index contributed by atoms with van der Waals surface area (Å²) in [5.74, 6) is -0.648. The fourth-order valence-corrected chi connectivity index (χ4v) is 1.95. The Bertz CT molecular complexity index is 269. The molecule has 0 spiro atoms. The molecule has 2 rings (SSSR count). The van der Waals surface area contributed by atoms with Crippen LogP contribution in [0.2, 0.25) is 0 Å². The molecule has 0 radical (unpaired) electrons. The van der Waals surface area contributed by atoms with Gasteiger partial charge in [-0.05, 0) is 19.9 Å². The fraction of sp³-hybridized carbons (Fsp3) is 0.600. The topological polar surface area (TPSA) is 38.7 Å². The summed E-state index contributed by atoms with van der Waals surface area (Å²) in [5.41, 5.74) is -0.636. The van der Waals surface area contributed by atoms with Crippen molar-refractivity contribution in [1.82, 2.24) is 0 Å². The second-order valence-electron chi connectivity index (χ2n) is 3.95. The molecule has 0 bridgehead atoms. The summed E-state index contributed by atoms with van der Waals surface area (Å²) in [6, 6.07) is 0. The molecular formula is C10H14O3. The second-order valence-corrected chi connectivity index (χ2v) is 3.95. The lowest BCUT2D eigenvalue weighted by molar-refractivity contribution is -0.157. The molecule has 0 saturated carbocycles. The monoisotopic (exact) mass is 182 g/mol. The van der Waals surface area contributed by atoms with Crippen LogP contribution >= 0.6 is 0 Å². The lowest BCUT2D eigenvalue weighted by atomic mass is 10.0. The normalized spacial score (nSPS) is 46.4. The van der Waals surface area contributed by atoms with E-state index in [1.807, 2.05) is 19.9 Å². The van der Waals surface area contributed by atoms with E-state index in [-0.39, 0.29) is 6.10 Å². The number of rotatable bonds is 1. The van der Waals surface area contributed by atoms with Gasteiger partial charge in [0, 0.05) is 0 Å². The maximum absolute atomic E-state index is 9.59. The Labute approximate surface area is 77.7 Å². The van der Waals surface area contributed by atoms with E-state index in [1.165, 1.54) is 0 Å². The molecule has 1 aliphatic carbocycles. The third-order valence-electron chi connectivity index (χ3n) is 2.46. The van der Waals surface area contributed by atoms with Crippen LogP contribution in [-0.4, -0.2) is 28.7 Å². The molecule has 1 fully saturated rings. The van der Waals surface area contributed by atoms with E-state index in [1.54, 1.807) is 12.2 Å². The van der Waals surface area contributed by atoms with E-state index < -0.39 is 17.5 Å². The molecule has 3 nitrogen and oxygen atoms in total. The maximum atomic E-state index is 9.59. The van der Waals surface area contributed by atoms with Crippen molar-refractivity contribution >= 4 is 0 Å². The van der Waals surface area contributed by atoms with Crippen LogP contribution in [0, 0.1) is 0 Å². The number of fused-ring (bicyclic) bond motifs is 1. The average Bonchev–Trinajstić information content (AvgIpc) is 2.47. The van der Waals surface area contributed by atoms with Gasteiger partial charge in [-0.1, -0.05) is 18.7 Å². The highest BCUT2D eigenvalue weighted by atomic mass is 16.8. The zero-order valence-corrected chi connectivity index (χ0v) is 7.86. The third-order valence-corrected chi connectivity index (χ3v) is 2.46. The number of ether oxygens (including phenoxy) is 2. The molecule has 1 N–H and O–H groups in total. The van der Waals surface area contributed by atoms with Crippen LogP contribution in [0.25, 0.3) is 0 Å². The lowest BCUT2D eigenvalue weighted by Gasteiger charge is -2.22. The number of aliphatic hydroxyl groups excluding tert-OH is 1. The third kappa shape index (κ3) is 1.15. The van der Waals surface area contributed by atoms with Gasteiger partial charge in [-0.25, -0.2) is 0 Å². The van der Waals surface area contributed by atoms with Crippen molar-refractivity contribution in [2.24, 2.45) is 0 Å². The summed E-state index contributed by atoms with van der Waals surface area (Å²) >= 11 is 0. The molecule has 0 aromatic heterocycles. The van der Waals surface area contributed by atoms with Gasteiger partial charge in [0.1, 0.15) is 17.8 Å². The van der Waals surface area contributed by atoms with E-state index in [2.05, 4.69) is 6.58 Å². The first-order chi connectivity index (χ1) is 5.99. The zero-order chi connectivity index (χ0) is 9.69. The molecule has 1 heterocycles. The summed E-state index contributed by atoms with van der Waals surface area (Å²) in [6.45, 7) is 7.37. The summed E-state index contributed by atoms with van der Waals surface area (Å²) in [5, 5.41) is 9.59. The largest absolute Gasteiger partial charge is 0.386 e. The maximum Gasteiger partial charge on any atom is 0.165 e. The smallest absolute Gasteiger partial charge is 0.165 e. The molecule has 3 unspecified atom stereocenters. The number of hydrogen-bond acceptors (Lipinski definition) is 3. The highest BCUT2D eigenvalue weighted by molar-refractivity contribution is 5.29. The van der Waals surface area contributed by atoms with E-state index >= 15 is 0 Å². The Balaban J connectivity index is 2.35. The van der Waals surface area contributed by atoms with Crippen molar-refractivity contribution < 1.29 is 14.6 Å². The Morgan fingerprint density at radius 3 is 2.77 bits per heavy atom. The minimum absolute atomic E-state index is 0.347. The minimum Gasteiger partial charge on any atom is -0.386 e. The standard InChI is InChI=1S/C10H14O3/c1-4-10-6-5-7(11)8(10)12-9(2,3)13-10/h4-8,11H,1H2,2-3H3. The van der Waals surface area contributed by atoms with Crippen molar-refractivity contribution in [3.8, 4) is 0 Å². The van der Waals surface area contributed by atoms with E-state index in [0.717, 1.165) is 0 Å². The Morgan fingerprint density at radius 2 is 2.23 bits per heavy atom. The van der Waals surface area contributed by atoms with Crippen LogP contribution in [0.3, 0.4) is 0 Å². The van der Waals surface area contributed by atoms with Crippen molar-refractivity contribution in [2.45, 2.75) is 37.4 Å². The van der Waals surface area contributed by atoms with Crippen molar-refractivity contribution in [2.75, 3.05) is 0 Å². The first kappa shape index (κ1) is 8.94. The Kier molecular flexibility index (Phi) is 1.68. The number of hydrogen-bond donors (Lipinski definition) is 1. The van der Waals surface area contributed by atoms with Gasteiger partial charge >= 0.3 is 0 Å². The van der Waals surface area contributed by atoms with Gasteiger partial charge in [-0.15, -0.1) is 0 Å². The van der Waals surface area contributed by atoms with Gasteiger partial charge in [0.05, 0.1) is 0 Å². The lowest BCUT2D eigenvalue weighted by Crippen LogP contribution is -2.37. The van der Waals surface area contributed by atoms with Gasteiger partial charge < -0.3 is 14.6 Å². The summed E-state index contributed by atoms with van der Waals surface area (Å²) < 4.78 is 11.3. The highest BCUT2D eigenvalue weighted by Gasteiger charge is 2.55. The van der Waals surface area contributed by atoms with Gasteiger partial charge in [-0.2, -0.15) is 0 Å². The van der Waals surface area contributed by atoms with Crippen LogP contribution in [0.1, 0.15) is 13.8 Å². The van der Waals surface area contributed by atoms with Crippen LogP contribution < -0.4 is 0 Å². The molecule has 1 saturated heterocycles. The van der Waals surface area contributed by atoms with Gasteiger partial charge in [0.2, 0.25) is 0 Å². The van der Waals surface area contributed by atoms with Crippen LogP contribution in [0.4, 0.5) is 0 Å². The Morgan fingerprint density at radius 1 is 1.54 bits per heavy atom. The fourth-order valence-electron chi connectivity index (χ4n) is 1.95. The SMILES string of the molecule is C=CC12C=CC(O)C1OC(C)(C)O2. The molecule has 13 heavy (non-hydrogen) atoms. The van der Waals surface area contributed by atoms with Crippen LogP contribution in [-0.2, 0) is 9.47 Å². The van der Waals surface area contributed by atoms with Crippen molar-refractivity contribution in [1.29, 1.82) is 0 Å². The van der Waals surface area contributed by atoms with Gasteiger partial charge in [0.25, 0.3) is 0 Å². The van der Waals surface area contributed by atoms with E-state index in [0.29, 0.717) is 0 Å². The van der Waals surface area contributed by atoms with Crippen molar-refractivity contribution in [3.63, 3.8) is 0 Å². The second kappa shape index (κ2) is 2.44. The molecule has 0 aromatic rings. The highest BCUT2D eigenvalue weighted by Crippen LogP contribution is 2.43. The molecule has 2 aliphatic rings. The molecule has 72 valence electrons. The van der Waals surface area contributed by atoms with Gasteiger partial charge in [-0.3, -0.25) is 0 Å². The quantitative estimate of drug-likeness (QED) is 0.615. The first-order valence-corrected chi connectivity index (χ1v) is 4.38. The van der Waals surface area contributed by atoms with E-state index in [9.17, 15) is 5.11 Å². The first-order valence-electron chi connectivity index (χ1n) is 4.38. The molecule has 0 amide bonds.